The normalized spacial score (nSPS) is 22.0. The van der Waals surface area contributed by atoms with E-state index in [0.29, 0.717) is 6.42 Å². The van der Waals surface area contributed by atoms with Gasteiger partial charge in [0.05, 0.1) is 13.2 Å². The lowest BCUT2D eigenvalue weighted by atomic mass is 9.87. The van der Waals surface area contributed by atoms with Crippen LogP contribution in [0.4, 0.5) is 0 Å². The number of methoxy groups -OCH3 is 2. The summed E-state index contributed by atoms with van der Waals surface area (Å²) in [5.74, 6) is -0.392. The van der Waals surface area contributed by atoms with Crippen LogP contribution in [0.5, 0.6) is 0 Å². The number of nitrogens with zero attached hydrogens (tertiary/aromatic N) is 1. The Hall–Kier alpha value is -1.43. The smallest absolute Gasteiger partial charge is 0.330 e. The number of likely N-dealkylation sites (tertiary alicyclic amines) is 1. The van der Waals surface area contributed by atoms with Gasteiger partial charge in [-0.15, -0.1) is 0 Å². The largest absolute Gasteiger partial charge is 0.467 e. The molecule has 5 nitrogen and oxygen atoms in total. The van der Waals surface area contributed by atoms with Crippen molar-refractivity contribution >= 4 is 5.97 Å². The summed E-state index contributed by atoms with van der Waals surface area (Å²) in [5, 5.41) is 0. The van der Waals surface area contributed by atoms with Crippen molar-refractivity contribution < 1.29 is 14.3 Å². The molecule has 0 radical (unpaired) electrons. The van der Waals surface area contributed by atoms with Crippen LogP contribution in [0.2, 0.25) is 0 Å². The Morgan fingerprint density at radius 3 is 2.67 bits per heavy atom. The Kier molecular flexibility index (Phi) is 5.33. The van der Waals surface area contributed by atoms with E-state index in [1.807, 2.05) is 30.3 Å². The molecule has 0 amide bonds. The minimum atomic E-state index is -1.10. The van der Waals surface area contributed by atoms with E-state index < -0.39 is 11.5 Å². The highest BCUT2D eigenvalue weighted by atomic mass is 16.5. The molecule has 5 heteroatoms. The Labute approximate surface area is 126 Å². The molecule has 1 aromatic rings. The summed E-state index contributed by atoms with van der Waals surface area (Å²) in [7, 11) is 3.11. The second-order valence-corrected chi connectivity index (χ2v) is 5.53. The fraction of sp³-hybridized carbons (Fsp3) is 0.562. The van der Waals surface area contributed by atoms with Crippen LogP contribution in [0.1, 0.15) is 18.4 Å². The van der Waals surface area contributed by atoms with Crippen LogP contribution in [0.15, 0.2) is 30.3 Å². The highest BCUT2D eigenvalue weighted by Gasteiger charge is 2.38. The highest BCUT2D eigenvalue weighted by molar-refractivity contribution is 5.82. The Morgan fingerprint density at radius 2 is 2.10 bits per heavy atom. The minimum Gasteiger partial charge on any atom is -0.467 e. The standard InChI is InChI=1S/C16H24N2O3/c1-20-14-8-10-18(12-14)11-9-16(17,15(19)21-2)13-6-4-3-5-7-13/h3-7,14H,8-12,17H2,1-2H3. The van der Waals surface area contributed by atoms with Gasteiger partial charge in [0.15, 0.2) is 0 Å². The summed E-state index contributed by atoms with van der Waals surface area (Å²) in [6, 6.07) is 9.43. The summed E-state index contributed by atoms with van der Waals surface area (Å²) >= 11 is 0. The number of rotatable bonds is 6. The van der Waals surface area contributed by atoms with E-state index in [0.717, 1.165) is 31.6 Å². The van der Waals surface area contributed by atoms with Gasteiger partial charge in [0.25, 0.3) is 0 Å². The Morgan fingerprint density at radius 1 is 1.38 bits per heavy atom. The average Bonchev–Trinajstić information content (AvgIpc) is 3.00. The van der Waals surface area contributed by atoms with Crippen molar-refractivity contribution in [1.82, 2.24) is 4.90 Å². The van der Waals surface area contributed by atoms with Gasteiger partial charge in [-0.1, -0.05) is 30.3 Å². The van der Waals surface area contributed by atoms with Crippen molar-refractivity contribution in [3.05, 3.63) is 35.9 Å². The van der Waals surface area contributed by atoms with Crippen LogP contribution in [-0.4, -0.2) is 50.8 Å². The average molecular weight is 292 g/mol. The first-order chi connectivity index (χ1) is 10.1. The molecular weight excluding hydrogens is 268 g/mol. The molecule has 1 aliphatic rings. The molecule has 1 heterocycles. The molecule has 0 aliphatic carbocycles. The zero-order valence-corrected chi connectivity index (χ0v) is 12.7. The first kappa shape index (κ1) is 15.9. The third-order valence-electron chi connectivity index (χ3n) is 4.22. The van der Waals surface area contributed by atoms with E-state index in [9.17, 15) is 4.79 Å². The summed E-state index contributed by atoms with van der Waals surface area (Å²) < 4.78 is 10.3. The topological polar surface area (TPSA) is 64.8 Å². The second-order valence-electron chi connectivity index (χ2n) is 5.53. The van der Waals surface area contributed by atoms with E-state index in [1.165, 1.54) is 7.11 Å². The summed E-state index contributed by atoms with van der Waals surface area (Å²) in [6.45, 7) is 2.62. The monoisotopic (exact) mass is 292 g/mol. The maximum absolute atomic E-state index is 12.2. The lowest BCUT2D eigenvalue weighted by molar-refractivity contribution is -0.148. The number of hydrogen-bond donors (Lipinski definition) is 1. The molecule has 2 atom stereocenters. The van der Waals surface area contributed by atoms with Crippen molar-refractivity contribution in [2.24, 2.45) is 5.73 Å². The van der Waals surface area contributed by atoms with Crippen molar-refractivity contribution in [2.75, 3.05) is 33.9 Å². The van der Waals surface area contributed by atoms with Gasteiger partial charge in [0.2, 0.25) is 0 Å². The number of hydrogen-bond acceptors (Lipinski definition) is 5. The van der Waals surface area contributed by atoms with Crippen LogP contribution >= 0.6 is 0 Å². The number of carbonyl (C=O) groups is 1. The van der Waals surface area contributed by atoms with Gasteiger partial charge in [-0.2, -0.15) is 0 Å². The molecule has 2 N–H and O–H groups in total. The van der Waals surface area contributed by atoms with Crippen molar-refractivity contribution in [3.63, 3.8) is 0 Å². The fourth-order valence-electron chi connectivity index (χ4n) is 2.81. The van der Waals surface area contributed by atoms with Gasteiger partial charge in [-0.05, 0) is 18.4 Å². The van der Waals surface area contributed by atoms with E-state index in [4.69, 9.17) is 15.2 Å². The van der Waals surface area contributed by atoms with E-state index in [2.05, 4.69) is 4.90 Å². The molecular formula is C16H24N2O3. The summed E-state index contributed by atoms with van der Waals surface area (Å²) in [4.78, 5) is 14.4. The first-order valence-corrected chi connectivity index (χ1v) is 7.28. The quantitative estimate of drug-likeness (QED) is 0.796. The Bertz CT molecular complexity index is 466. The SMILES string of the molecule is COC(=O)C(N)(CCN1CCC(OC)C1)c1ccccc1. The maximum Gasteiger partial charge on any atom is 0.330 e. The van der Waals surface area contributed by atoms with Crippen molar-refractivity contribution in [2.45, 2.75) is 24.5 Å². The third kappa shape index (κ3) is 3.61. The molecule has 0 spiro atoms. The molecule has 21 heavy (non-hydrogen) atoms. The van der Waals surface area contributed by atoms with Crippen molar-refractivity contribution in [1.29, 1.82) is 0 Å². The predicted molar refractivity (Wildman–Crippen MR) is 80.8 cm³/mol. The van der Waals surface area contributed by atoms with E-state index in [1.54, 1.807) is 7.11 Å². The van der Waals surface area contributed by atoms with Crippen LogP contribution < -0.4 is 5.73 Å². The second kappa shape index (κ2) is 7.02. The number of benzene rings is 1. The molecule has 0 aromatic heterocycles. The molecule has 1 saturated heterocycles. The van der Waals surface area contributed by atoms with Gasteiger partial charge >= 0.3 is 5.97 Å². The van der Waals surface area contributed by atoms with Gasteiger partial charge in [0, 0.05) is 26.7 Å². The van der Waals surface area contributed by atoms with Crippen LogP contribution in [0.3, 0.4) is 0 Å². The van der Waals surface area contributed by atoms with Crippen LogP contribution in [-0.2, 0) is 19.8 Å². The number of ether oxygens (including phenoxy) is 2. The number of carbonyl (C=O) groups excluding carboxylic acids is 1. The van der Waals surface area contributed by atoms with Gasteiger partial charge in [-0.25, -0.2) is 4.79 Å². The molecule has 1 fully saturated rings. The van der Waals surface area contributed by atoms with Crippen LogP contribution in [0.25, 0.3) is 0 Å². The molecule has 0 saturated carbocycles. The highest BCUT2D eigenvalue weighted by Crippen LogP contribution is 2.25. The number of nitrogens with two attached hydrogens (primary N) is 1. The van der Waals surface area contributed by atoms with Crippen molar-refractivity contribution in [3.8, 4) is 0 Å². The molecule has 0 bridgehead atoms. The van der Waals surface area contributed by atoms with Crippen LogP contribution in [0, 0.1) is 0 Å². The minimum absolute atomic E-state index is 0.284. The van der Waals surface area contributed by atoms with E-state index >= 15 is 0 Å². The first-order valence-electron chi connectivity index (χ1n) is 7.28. The zero-order valence-electron chi connectivity index (χ0n) is 12.7. The zero-order chi connectivity index (χ0) is 15.3. The molecule has 2 rings (SSSR count). The molecule has 2 unspecified atom stereocenters. The third-order valence-corrected chi connectivity index (χ3v) is 4.22. The lowest BCUT2D eigenvalue weighted by Gasteiger charge is -2.29. The Balaban J connectivity index is 2.06. The van der Waals surface area contributed by atoms with E-state index in [-0.39, 0.29) is 6.10 Å². The number of esters is 1. The van der Waals surface area contributed by atoms with Gasteiger partial charge in [0.1, 0.15) is 5.54 Å². The molecule has 116 valence electrons. The van der Waals surface area contributed by atoms with Gasteiger partial charge < -0.3 is 20.1 Å². The van der Waals surface area contributed by atoms with Gasteiger partial charge in [-0.3, -0.25) is 0 Å². The predicted octanol–water partition coefficient (Wildman–Crippen LogP) is 1.12. The fourth-order valence-corrected chi connectivity index (χ4v) is 2.81. The maximum atomic E-state index is 12.2. The lowest BCUT2D eigenvalue weighted by Crippen LogP contribution is -2.48. The summed E-state index contributed by atoms with van der Waals surface area (Å²) in [5.41, 5.74) is 6.08. The molecule has 1 aromatic carbocycles. The summed E-state index contributed by atoms with van der Waals surface area (Å²) in [6.07, 6.45) is 1.84. The molecule has 1 aliphatic heterocycles.